The average molecular weight is 271 g/mol. The maximum Gasteiger partial charge on any atom is 0.278 e. The summed E-state index contributed by atoms with van der Waals surface area (Å²) in [5.41, 5.74) is 0.508. The molecule has 0 aliphatic heterocycles. The maximum atomic E-state index is 12.0. The van der Waals surface area contributed by atoms with E-state index in [1.165, 1.54) is 12.2 Å². The molecule has 1 rings (SSSR count). The molecule has 0 heterocycles. The van der Waals surface area contributed by atoms with Gasteiger partial charge in [-0.2, -0.15) is 0 Å². The van der Waals surface area contributed by atoms with Gasteiger partial charge in [0.05, 0.1) is 12.7 Å². The molecular weight excluding hydrogens is 246 g/mol. The molecule has 1 aliphatic rings. The number of hydrogen-bond acceptors (Lipinski definition) is 4. The van der Waals surface area contributed by atoms with Gasteiger partial charge in [0.15, 0.2) is 5.79 Å². The van der Waals surface area contributed by atoms with Crippen LogP contribution < -0.4 is 0 Å². The van der Waals surface area contributed by atoms with Crippen molar-refractivity contribution in [2.75, 3.05) is 28.4 Å². The Morgan fingerprint density at radius 2 is 1.95 bits per heavy atom. The Morgan fingerprint density at radius 1 is 1.42 bits per heavy atom. The molecule has 0 aromatic rings. The number of nitrogens with zero attached hydrogens (tertiary/aromatic N) is 1. The number of amides is 1. The lowest BCUT2D eigenvalue weighted by atomic mass is 9.92. The van der Waals surface area contributed by atoms with Crippen molar-refractivity contribution in [3.05, 3.63) is 24.3 Å². The first-order valence-corrected chi connectivity index (χ1v) is 6.23. The normalized spacial score (nSPS) is 16.8. The zero-order valence-electron chi connectivity index (χ0n) is 12.6. The van der Waals surface area contributed by atoms with Crippen LogP contribution in [-0.4, -0.2) is 45.1 Å². The molecule has 0 spiro atoms. The SMILES string of the molecule is C=CC.CON(C)C(=O)C1=CCCCC1(OC)OC. The lowest BCUT2D eigenvalue weighted by Gasteiger charge is -2.36. The molecule has 0 N–H and O–H groups in total. The Morgan fingerprint density at radius 3 is 2.37 bits per heavy atom. The molecule has 5 heteroatoms. The predicted molar refractivity (Wildman–Crippen MR) is 74.3 cm³/mol. The molecular formula is C14H25NO4. The van der Waals surface area contributed by atoms with E-state index >= 15 is 0 Å². The van der Waals surface area contributed by atoms with Crippen LogP contribution >= 0.6 is 0 Å². The van der Waals surface area contributed by atoms with Crippen LogP contribution in [0.4, 0.5) is 0 Å². The minimum absolute atomic E-state index is 0.231. The van der Waals surface area contributed by atoms with E-state index in [9.17, 15) is 4.79 Å². The second-order valence-corrected chi connectivity index (χ2v) is 4.06. The van der Waals surface area contributed by atoms with E-state index in [-0.39, 0.29) is 5.91 Å². The van der Waals surface area contributed by atoms with Gasteiger partial charge in [-0.3, -0.25) is 9.63 Å². The van der Waals surface area contributed by atoms with Crippen molar-refractivity contribution in [1.82, 2.24) is 5.06 Å². The third kappa shape index (κ3) is 4.45. The van der Waals surface area contributed by atoms with Crippen LogP contribution in [0.2, 0.25) is 0 Å². The van der Waals surface area contributed by atoms with Gasteiger partial charge >= 0.3 is 0 Å². The van der Waals surface area contributed by atoms with E-state index in [0.717, 1.165) is 12.8 Å². The van der Waals surface area contributed by atoms with Gasteiger partial charge in [0.1, 0.15) is 0 Å². The Hall–Kier alpha value is -1.17. The minimum atomic E-state index is -0.928. The fourth-order valence-electron chi connectivity index (χ4n) is 1.88. The summed E-state index contributed by atoms with van der Waals surface area (Å²) in [5, 5.41) is 1.17. The Bertz CT molecular complexity index is 321. The molecule has 1 amide bonds. The fourth-order valence-corrected chi connectivity index (χ4v) is 1.88. The molecule has 5 nitrogen and oxygen atoms in total. The van der Waals surface area contributed by atoms with Gasteiger partial charge in [-0.25, -0.2) is 5.06 Å². The van der Waals surface area contributed by atoms with Crippen molar-refractivity contribution < 1.29 is 19.1 Å². The van der Waals surface area contributed by atoms with Crippen LogP contribution in [0, 0.1) is 0 Å². The van der Waals surface area contributed by atoms with Crippen molar-refractivity contribution in [1.29, 1.82) is 0 Å². The van der Waals surface area contributed by atoms with Gasteiger partial charge < -0.3 is 9.47 Å². The molecule has 0 fully saturated rings. The number of rotatable bonds is 4. The van der Waals surface area contributed by atoms with Crippen LogP contribution in [0.3, 0.4) is 0 Å². The van der Waals surface area contributed by atoms with Crippen LogP contribution in [-0.2, 0) is 19.1 Å². The molecule has 0 saturated heterocycles. The molecule has 0 aromatic carbocycles. The highest BCUT2D eigenvalue weighted by atomic mass is 16.7. The van der Waals surface area contributed by atoms with E-state index in [1.807, 2.05) is 13.0 Å². The summed E-state index contributed by atoms with van der Waals surface area (Å²) >= 11 is 0. The lowest BCUT2D eigenvalue weighted by Crippen LogP contribution is -2.44. The molecule has 0 bridgehead atoms. The molecule has 19 heavy (non-hydrogen) atoms. The van der Waals surface area contributed by atoms with Crippen LogP contribution in [0.25, 0.3) is 0 Å². The first-order valence-electron chi connectivity index (χ1n) is 6.23. The summed E-state index contributed by atoms with van der Waals surface area (Å²) < 4.78 is 10.7. The third-order valence-electron chi connectivity index (χ3n) is 2.92. The molecule has 0 atom stereocenters. The first kappa shape index (κ1) is 17.8. The van der Waals surface area contributed by atoms with E-state index in [1.54, 1.807) is 27.3 Å². The van der Waals surface area contributed by atoms with E-state index in [2.05, 4.69) is 6.58 Å². The van der Waals surface area contributed by atoms with Crippen molar-refractivity contribution >= 4 is 5.91 Å². The topological polar surface area (TPSA) is 48.0 Å². The number of carbonyl (C=O) groups excluding carboxylic acids is 1. The monoisotopic (exact) mass is 271 g/mol. The summed E-state index contributed by atoms with van der Waals surface area (Å²) in [4.78, 5) is 16.9. The molecule has 0 aromatic heterocycles. The smallest absolute Gasteiger partial charge is 0.278 e. The molecule has 0 radical (unpaired) electrons. The summed E-state index contributed by atoms with van der Waals surface area (Å²) in [6, 6.07) is 0. The second-order valence-electron chi connectivity index (χ2n) is 4.06. The zero-order valence-corrected chi connectivity index (χ0v) is 12.6. The Kier molecular flexibility index (Phi) is 8.30. The maximum absolute atomic E-state index is 12.0. The number of hydrogen-bond donors (Lipinski definition) is 0. The summed E-state index contributed by atoms with van der Waals surface area (Å²) in [5.74, 6) is -1.16. The zero-order chi connectivity index (χ0) is 14.9. The number of ether oxygens (including phenoxy) is 2. The number of carbonyl (C=O) groups is 1. The summed E-state index contributed by atoms with van der Waals surface area (Å²) in [7, 11) is 6.10. The second kappa shape index (κ2) is 8.85. The van der Waals surface area contributed by atoms with Crippen molar-refractivity contribution in [3.63, 3.8) is 0 Å². The number of likely N-dealkylation sites (N-methyl/N-ethyl adjacent to an activating group) is 1. The third-order valence-corrected chi connectivity index (χ3v) is 2.92. The Balaban J connectivity index is 0.000000982. The minimum Gasteiger partial charge on any atom is -0.349 e. The fraction of sp³-hybridized carbons (Fsp3) is 0.643. The van der Waals surface area contributed by atoms with E-state index in [4.69, 9.17) is 14.3 Å². The van der Waals surface area contributed by atoms with Gasteiger partial charge in [-0.05, 0) is 19.8 Å². The number of hydroxylamine groups is 2. The van der Waals surface area contributed by atoms with E-state index in [0.29, 0.717) is 12.0 Å². The van der Waals surface area contributed by atoms with Gasteiger partial charge in [0.25, 0.3) is 5.91 Å². The van der Waals surface area contributed by atoms with Gasteiger partial charge in [-0.1, -0.05) is 12.2 Å². The van der Waals surface area contributed by atoms with E-state index < -0.39 is 5.79 Å². The van der Waals surface area contributed by atoms with Gasteiger partial charge in [0, 0.05) is 27.7 Å². The highest BCUT2D eigenvalue weighted by molar-refractivity contribution is 5.94. The Labute approximate surface area is 115 Å². The van der Waals surface area contributed by atoms with Gasteiger partial charge in [-0.15, -0.1) is 6.58 Å². The number of methoxy groups -OCH3 is 2. The lowest BCUT2D eigenvalue weighted by molar-refractivity contribution is -0.200. The van der Waals surface area contributed by atoms with Crippen LogP contribution in [0.5, 0.6) is 0 Å². The summed E-state index contributed by atoms with van der Waals surface area (Å²) in [6.45, 7) is 5.25. The van der Waals surface area contributed by atoms with Crippen LogP contribution in [0.1, 0.15) is 26.2 Å². The van der Waals surface area contributed by atoms with Gasteiger partial charge in [0.2, 0.25) is 0 Å². The van der Waals surface area contributed by atoms with Crippen molar-refractivity contribution in [2.45, 2.75) is 32.0 Å². The average Bonchev–Trinajstić information content (AvgIpc) is 2.46. The molecule has 0 unspecified atom stereocenters. The molecule has 0 saturated carbocycles. The quantitative estimate of drug-likeness (QED) is 0.447. The highest BCUT2D eigenvalue weighted by Crippen LogP contribution is 2.33. The largest absolute Gasteiger partial charge is 0.349 e. The standard InChI is InChI=1S/C11H19NO4.C3H6/c1-12(16-4)10(13)9-7-5-6-8-11(9,14-2)15-3;1-3-2/h7H,5-6,8H2,1-4H3;3H,1H2,2H3. The first-order chi connectivity index (χ1) is 9.02. The van der Waals surface area contributed by atoms with Crippen molar-refractivity contribution in [2.24, 2.45) is 0 Å². The molecule has 1 aliphatic carbocycles. The van der Waals surface area contributed by atoms with Crippen LogP contribution in [0.15, 0.2) is 24.3 Å². The van der Waals surface area contributed by atoms with Crippen molar-refractivity contribution in [3.8, 4) is 0 Å². The highest BCUT2D eigenvalue weighted by Gasteiger charge is 2.41. The predicted octanol–water partition coefficient (Wildman–Crippen LogP) is 2.30. The number of allylic oxidation sites excluding steroid dienone is 2. The molecule has 110 valence electrons. The summed E-state index contributed by atoms with van der Waals surface area (Å²) in [6.07, 6.45) is 6.08.